The Balaban J connectivity index is 1.57. The van der Waals surface area contributed by atoms with Gasteiger partial charge in [0.05, 0.1) is 18.6 Å². The summed E-state index contributed by atoms with van der Waals surface area (Å²) in [5.74, 6) is -0.382. The molecule has 0 aromatic heterocycles. The van der Waals surface area contributed by atoms with E-state index in [-0.39, 0.29) is 18.3 Å². The Morgan fingerprint density at radius 3 is 2.79 bits per heavy atom. The molecular formula is C21H17F3N2O3. The minimum atomic E-state index is -4.46. The number of anilines is 2. The fraction of sp³-hybridized carbons (Fsp3) is 0.238. The average Bonchev–Trinajstić information content (AvgIpc) is 2.90. The topological polar surface area (TPSA) is 67.4 Å². The van der Waals surface area contributed by atoms with Gasteiger partial charge >= 0.3 is 6.18 Å². The van der Waals surface area contributed by atoms with Crippen molar-refractivity contribution >= 4 is 28.8 Å². The molecule has 0 fully saturated rings. The quantitative estimate of drug-likeness (QED) is 0.732. The molecule has 0 saturated carbocycles. The lowest BCUT2D eigenvalue weighted by Crippen LogP contribution is -2.09. The van der Waals surface area contributed by atoms with E-state index in [1.165, 1.54) is 12.1 Å². The van der Waals surface area contributed by atoms with Crippen LogP contribution in [0.3, 0.4) is 0 Å². The van der Waals surface area contributed by atoms with Crippen molar-refractivity contribution in [3.63, 3.8) is 0 Å². The van der Waals surface area contributed by atoms with Gasteiger partial charge in [0.2, 0.25) is 11.8 Å². The van der Waals surface area contributed by atoms with E-state index >= 15 is 0 Å². The zero-order valence-corrected chi connectivity index (χ0v) is 15.2. The van der Waals surface area contributed by atoms with Crippen LogP contribution in [0.5, 0.6) is 5.75 Å². The third-order valence-electron chi connectivity index (χ3n) is 4.81. The summed E-state index contributed by atoms with van der Waals surface area (Å²) in [6.07, 6.45) is -1.68. The average molecular weight is 402 g/mol. The van der Waals surface area contributed by atoms with Gasteiger partial charge in [-0.25, -0.2) is 0 Å². The van der Waals surface area contributed by atoms with Gasteiger partial charge in [0, 0.05) is 23.0 Å². The van der Waals surface area contributed by atoms with Crippen LogP contribution >= 0.6 is 0 Å². The van der Waals surface area contributed by atoms with Gasteiger partial charge in [-0.1, -0.05) is 12.1 Å². The first kappa shape index (κ1) is 19.0. The molecule has 29 heavy (non-hydrogen) atoms. The zero-order valence-electron chi connectivity index (χ0n) is 15.2. The van der Waals surface area contributed by atoms with Crippen LogP contribution < -0.4 is 15.4 Å². The van der Waals surface area contributed by atoms with Gasteiger partial charge in [-0.05, 0) is 48.2 Å². The standard InChI is InChI=1S/C21H17F3N2O3/c22-21(23,24)14-4-6-16-12(2-1-7-29-18(16)10-14)8-19(27)25-15-5-3-13-9-20(28)26-17(13)11-15/h3-6,8,10-11H,1-2,7,9H2,(H,25,27)(H,26,28). The Labute approximate surface area is 164 Å². The summed E-state index contributed by atoms with van der Waals surface area (Å²) in [6.45, 7) is 0.276. The van der Waals surface area contributed by atoms with E-state index in [2.05, 4.69) is 10.6 Å². The monoisotopic (exact) mass is 402 g/mol. The Bertz CT molecular complexity index is 1030. The lowest BCUT2D eigenvalue weighted by atomic mass is 9.99. The fourth-order valence-corrected chi connectivity index (χ4v) is 3.44. The van der Waals surface area contributed by atoms with Gasteiger partial charge in [0.15, 0.2) is 0 Å². The summed E-state index contributed by atoms with van der Waals surface area (Å²) in [5.41, 5.74) is 2.34. The molecule has 150 valence electrons. The number of carbonyl (C=O) groups is 2. The lowest BCUT2D eigenvalue weighted by molar-refractivity contribution is -0.137. The van der Waals surface area contributed by atoms with Crippen LogP contribution in [0.2, 0.25) is 0 Å². The van der Waals surface area contributed by atoms with Gasteiger partial charge < -0.3 is 15.4 Å². The molecule has 0 bridgehead atoms. The third kappa shape index (κ3) is 4.11. The molecule has 0 aliphatic carbocycles. The van der Waals surface area contributed by atoms with Gasteiger partial charge in [0.25, 0.3) is 0 Å². The maximum Gasteiger partial charge on any atom is 0.416 e. The highest BCUT2D eigenvalue weighted by molar-refractivity contribution is 6.05. The molecule has 0 spiro atoms. The Kier molecular flexibility index (Phi) is 4.77. The van der Waals surface area contributed by atoms with Crippen molar-refractivity contribution in [3.8, 4) is 5.75 Å². The molecule has 2 aliphatic heterocycles. The highest BCUT2D eigenvalue weighted by Crippen LogP contribution is 2.38. The molecule has 4 rings (SSSR count). The summed E-state index contributed by atoms with van der Waals surface area (Å²) in [5, 5.41) is 5.45. The van der Waals surface area contributed by atoms with Crippen molar-refractivity contribution in [1.29, 1.82) is 0 Å². The number of hydrogen-bond donors (Lipinski definition) is 2. The van der Waals surface area contributed by atoms with Crippen molar-refractivity contribution in [2.75, 3.05) is 17.2 Å². The molecule has 2 aromatic carbocycles. The first-order valence-corrected chi connectivity index (χ1v) is 9.08. The van der Waals surface area contributed by atoms with E-state index in [9.17, 15) is 22.8 Å². The molecule has 5 nitrogen and oxygen atoms in total. The molecule has 2 aliphatic rings. The van der Waals surface area contributed by atoms with Crippen molar-refractivity contribution in [2.45, 2.75) is 25.4 Å². The number of fused-ring (bicyclic) bond motifs is 2. The molecule has 0 atom stereocenters. The summed E-state index contributed by atoms with van der Waals surface area (Å²) in [7, 11) is 0. The van der Waals surface area contributed by atoms with E-state index in [0.29, 0.717) is 41.8 Å². The normalized spacial score (nSPS) is 17.1. The number of hydrogen-bond acceptors (Lipinski definition) is 3. The number of allylic oxidation sites excluding steroid dienone is 1. The Morgan fingerprint density at radius 2 is 2.00 bits per heavy atom. The van der Waals surface area contributed by atoms with E-state index in [4.69, 9.17) is 4.74 Å². The van der Waals surface area contributed by atoms with Crippen molar-refractivity contribution in [2.24, 2.45) is 0 Å². The summed E-state index contributed by atoms with van der Waals surface area (Å²) >= 11 is 0. The van der Waals surface area contributed by atoms with Gasteiger partial charge in [-0.2, -0.15) is 13.2 Å². The molecule has 0 radical (unpaired) electrons. The Hall–Kier alpha value is -3.29. The number of alkyl halides is 3. The number of halogens is 3. The number of benzene rings is 2. The molecule has 0 unspecified atom stereocenters. The Morgan fingerprint density at radius 1 is 1.17 bits per heavy atom. The van der Waals surface area contributed by atoms with Crippen molar-refractivity contribution in [3.05, 3.63) is 59.2 Å². The van der Waals surface area contributed by atoms with E-state index in [0.717, 1.165) is 17.7 Å². The maximum atomic E-state index is 13.0. The number of ether oxygens (including phenoxy) is 1. The minimum Gasteiger partial charge on any atom is -0.493 e. The van der Waals surface area contributed by atoms with Crippen LogP contribution in [0.25, 0.3) is 5.57 Å². The van der Waals surface area contributed by atoms with Gasteiger partial charge in [0.1, 0.15) is 5.75 Å². The minimum absolute atomic E-state index is 0.0983. The number of carbonyl (C=O) groups excluding carboxylic acids is 2. The summed E-state index contributed by atoms with van der Waals surface area (Å²) in [4.78, 5) is 23.9. The van der Waals surface area contributed by atoms with E-state index in [1.807, 2.05) is 0 Å². The SMILES string of the molecule is O=C(C=C1CCCOc2cc(C(F)(F)F)ccc21)Nc1ccc2c(c1)NC(=O)C2. The van der Waals surface area contributed by atoms with Gasteiger partial charge in [-0.15, -0.1) is 0 Å². The maximum absolute atomic E-state index is 13.0. The van der Waals surface area contributed by atoms with Crippen LogP contribution in [0.15, 0.2) is 42.5 Å². The highest BCUT2D eigenvalue weighted by Gasteiger charge is 2.32. The largest absolute Gasteiger partial charge is 0.493 e. The molecule has 2 amide bonds. The molecule has 2 heterocycles. The van der Waals surface area contributed by atoms with Crippen LogP contribution in [-0.4, -0.2) is 18.4 Å². The summed E-state index contributed by atoms with van der Waals surface area (Å²) < 4.78 is 44.4. The number of nitrogens with one attached hydrogen (secondary N) is 2. The first-order valence-electron chi connectivity index (χ1n) is 9.08. The van der Waals surface area contributed by atoms with Crippen molar-refractivity contribution in [1.82, 2.24) is 0 Å². The molecule has 2 aromatic rings. The van der Waals surface area contributed by atoms with Crippen LogP contribution in [0.1, 0.15) is 29.5 Å². The van der Waals surface area contributed by atoms with E-state index in [1.54, 1.807) is 18.2 Å². The second-order valence-corrected chi connectivity index (χ2v) is 6.92. The highest BCUT2D eigenvalue weighted by atomic mass is 19.4. The van der Waals surface area contributed by atoms with Crippen LogP contribution in [0.4, 0.5) is 24.5 Å². The van der Waals surface area contributed by atoms with Gasteiger partial charge in [-0.3, -0.25) is 9.59 Å². The summed E-state index contributed by atoms with van der Waals surface area (Å²) in [6, 6.07) is 8.45. The lowest BCUT2D eigenvalue weighted by Gasteiger charge is -2.13. The fourth-order valence-electron chi connectivity index (χ4n) is 3.44. The number of rotatable bonds is 2. The first-order chi connectivity index (χ1) is 13.8. The third-order valence-corrected chi connectivity index (χ3v) is 4.81. The smallest absolute Gasteiger partial charge is 0.416 e. The van der Waals surface area contributed by atoms with Crippen LogP contribution in [0, 0.1) is 0 Å². The second-order valence-electron chi connectivity index (χ2n) is 6.92. The number of amides is 2. The molecule has 2 N–H and O–H groups in total. The molecule has 8 heteroatoms. The predicted molar refractivity (Wildman–Crippen MR) is 102 cm³/mol. The van der Waals surface area contributed by atoms with Crippen molar-refractivity contribution < 1.29 is 27.5 Å². The molecular weight excluding hydrogens is 385 g/mol. The second kappa shape index (κ2) is 7.27. The molecule has 0 saturated heterocycles. The predicted octanol–water partition coefficient (Wildman–Crippen LogP) is 4.39. The zero-order chi connectivity index (χ0) is 20.6. The van der Waals surface area contributed by atoms with E-state index < -0.39 is 17.6 Å². The van der Waals surface area contributed by atoms with Crippen LogP contribution in [-0.2, 0) is 22.2 Å².